The van der Waals surface area contributed by atoms with Crippen LogP contribution in [-0.2, 0) is 13.0 Å². The van der Waals surface area contributed by atoms with Crippen LogP contribution in [0, 0.1) is 5.92 Å². The largest absolute Gasteiger partial charge is 0.387 e. The van der Waals surface area contributed by atoms with Crippen molar-refractivity contribution in [2.24, 2.45) is 5.92 Å². The first-order valence-electron chi connectivity index (χ1n) is 9.09. The summed E-state index contributed by atoms with van der Waals surface area (Å²) in [5.74, 6) is 2.02. The number of hydrogen-bond donors (Lipinski definition) is 1. The molecule has 1 atom stereocenters. The quantitative estimate of drug-likeness (QED) is 0.830. The van der Waals surface area contributed by atoms with Crippen LogP contribution in [0.25, 0.3) is 0 Å². The third kappa shape index (κ3) is 5.36. The van der Waals surface area contributed by atoms with E-state index in [0.717, 1.165) is 56.4 Å². The van der Waals surface area contributed by atoms with E-state index in [9.17, 15) is 5.11 Å². The Balaban J connectivity index is 1.43. The van der Waals surface area contributed by atoms with Crippen molar-refractivity contribution in [3.8, 4) is 0 Å². The molecular formula is C19H28N4O2. The van der Waals surface area contributed by atoms with Gasteiger partial charge >= 0.3 is 0 Å². The van der Waals surface area contributed by atoms with Gasteiger partial charge in [0.15, 0.2) is 5.82 Å². The molecule has 1 N–H and O–H groups in total. The van der Waals surface area contributed by atoms with Crippen molar-refractivity contribution in [2.45, 2.75) is 32.9 Å². The molecule has 6 heteroatoms. The van der Waals surface area contributed by atoms with Gasteiger partial charge < -0.3 is 9.63 Å². The lowest BCUT2D eigenvalue weighted by Crippen LogP contribution is -2.47. The van der Waals surface area contributed by atoms with Crippen LogP contribution in [0.15, 0.2) is 34.9 Å². The van der Waals surface area contributed by atoms with Crippen LogP contribution in [0.5, 0.6) is 0 Å². The topological polar surface area (TPSA) is 65.6 Å². The molecule has 0 spiro atoms. The molecule has 0 radical (unpaired) electrons. The maximum Gasteiger partial charge on any atom is 0.226 e. The number of aromatic nitrogens is 2. The van der Waals surface area contributed by atoms with Gasteiger partial charge in [0.2, 0.25) is 5.89 Å². The maximum absolute atomic E-state index is 10.4. The van der Waals surface area contributed by atoms with E-state index in [1.165, 1.54) is 0 Å². The summed E-state index contributed by atoms with van der Waals surface area (Å²) in [5.41, 5.74) is 0.981. The first-order chi connectivity index (χ1) is 12.1. The van der Waals surface area contributed by atoms with Gasteiger partial charge in [0.05, 0.1) is 12.6 Å². The average molecular weight is 344 g/mol. The normalized spacial score (nSPS) is 17.9. The van der Waals surface area contributed by atoms with Crippen LogP contribution < -0.4 is 0 Å². The van der Waals surface area contributed by atoms with Crippen LogP contribution in [0.2, 0.25) is 0 Å². The molecule has 1 saturated heterocycles. The summed E-state index contributed by atoms with van der Waals surface area (Å²) in [4.78, 5) is 9.14. The molecule has 0 saturated carbocycles. The smallest absolute Gasteiger partial charge is 0.226 e. The van der Waals surface area contributed by atoms with Crippen molar-refractivity contribution in [1.29, 1.82) is 0 Å². The van der Waals surface area contributed by atoms with Crippen molar-refractivity contribution in [2.75, 3.05) is 32.7 Å². The Morgan fingerprint density at radius 3 is 2.44 bits per heavy atom. The second-order valence-corrected chi connectivity index (χ2v) is 7.21. The van der Waals surface area contributed by atoms with Crippen LogP contribution in [0.1, 0.15) is 37.2 Å². The third-order valence-corrected chi connectivity index (χ3v) is 4.54. The van der Waals surface area contributed by atoms with Crippen molar-refractivity contribution in [1.82, 2.24) is 19.9 Å². The van der Waals surface area contributed by atoms with Gasteiger partial charge in [-0.15, -0.1) is 0 Å². The van der Waals surface area contributed by atoms with Crippen molar-refractivity contribution in [3.05, 3.63) is 47.6 Å². The number of β-amino-alcohol motifs (C(OH)–C–C–N with tert-alkyl or cyclic N) is 1. The first-order valence-corrected chi connectivity index (χ1v) is 9.09. The van der Waals surface area contributed by atoms with E-state index in [1.807, 2.05) is 30.3 Å². The van der Waals surface area contributed by atoms with Gasteiger partial charge in [0.25, 0.3) is 0 Å². The molecule has 2 heterocycles. The number of hydrogen-bond acceptors (Lipinski definition) is 6. The summed E-state index contributed by atoms with van der Waals surface area (Å²) in [7, 11) is 0. The summed E-state index contributed by atoms with van der Waals surface area (Å²) in [6.45, 7) is 9.50. The molecule has 0 amide bonds. The number of benzene rings is 1. The third-order valence-electron chi connectivity index (χ3n) is 4.54. The minimum Gasteiger partial charge on any atom is -0.387 e. The highest BCUT2D eigenvalue weighted by atomic mass is 16.5. The van der Waals surface area contributed by atoms with E-state index in [1.54, 1.807) is 0 Å². The molecule has 1 aliphatic heterocycles. The lowest BCUT2D eigenvalue weighted by Gasteiger charge is -2.35. The second kappa shape index (κ2) is 8.56. The van der Waals surface area contributed by atoms with Crippen LogP contribution in [0.4, 0.5) is 0 Å². The molecule has 25 heavy (non-hydrogen) atoms. The number of rotatable bonds is 7. The molecule has 0 bridgehead atoms. The van der Waals surface area contributed by atoms with E-state index in [4.69, 9.17) is 4.52 Å². The molecule has 1 aromatic heterocycles. The monoisotopic (exact) mass is 344 g/mol. The van der Waals surface area contributed by atoms with Crippen molar-refractivity contribution < 1.29 is 9.63 Å². The van der Waals surface area contributed by atoms with Gasteiger partial charge in [-0.3, -0.25) is 9.80 Å². The van der Waals surface area contributed by atoms with Crippen LogP contribution >= 0.6 is 0 Å². The number of nitrogens with zero attached hydrogens (tertiary/aromatic N) is 4. The summed E-state index contributed by atoms with van der Waals surface area (Å²) in [6, 6.07) is 9.86. The number of aliphatic hydroxyl groups excluding tert-OH is 1. The highest BCUT2D eigenvalue weighted by Gasteiger charge is 2.21. The zero-order chi connectivity index (χ0) is 17.6. The Hall–Kier alpha value is -1.76. The molecule has 1 aromatic carbocycles. The van der Waals surface area contributed by atoms with E-state index < -0.39 is 6.10 Å². The maximum atomic E-state index is 10.4. The lowest BCUT2D eigenvalue weighted by atomic mass is 10.1. The fraction of sp³-hybridized carbons (Fsp3) is 0.579. The standard InChI is InChI=1S/C19H28N4O2/c1-15(2)12-19-20-18(21-25-19)14-23-10-8-22(9-11-23)13-17(24)16-6-4-3-5-7-16/h3-7,15,17,24H,8-14H2,1-2H3. The molecule has 136 valence electrons. The molecule has 6 nitrogen and oxygen atoms in total. The Morgan fingerprint density at radius 2 is 1.76 bits per heavy atom. The number of aliphatic hydroxyl groups is 1. The van der Waals surface area contributed by atoms with Crippen LogP contribution in [-0.4, -0.2) is 57.8 Å². The SMILES string of the molecule is CC(C)Cc1nc(CN2CCN(CC(O)c3ccccc3)CC2)no1. The minimum atomic E-state index is -0.427. The fourth-order valence-corrected chi connectivity index (χ4v) is 3.14. The summed E-state index contributed by atoms with van der Waals surface area (Å²) < 4.78 is 5.31. The minimum absolute atomic E-state index is 0.427. The van der Waals surface area contributed by atoms with Gasteiger partial charge in [-0.1, -0.05) is 49.3 Å². The molecule has 1 aliphatic rings. The molecule has 2 aromatic rings. The van der Waals surface area contributed by atoms with Gasteiger partial charge in [0.1, 0.15) is 0 Å². The Kier molecular flexibility index (Phi) is 6.18. The van der Waals surface area contributed by atoms with E-state index in [0.29, 0.717) is 12.5 Å². The predicted octanol–water partition coefficient (Wildman–Crippen LogP) is 2.12. The molecule has 3 rings (SSSR count). The average Bonchev–Trinajstić information content (AvgIpc) is 3.03. The zero-order valence-corrected chi connectivity index (χ0v) is 15.1. The molecular weight excluding hydrogens is 316 g/mol. The number of piperazine rings is 1. The highest BCUT2D eigenvalue weighted by Crippen LogP contribution is 2.15. The van der Waals surface area contributed by atoms with Gasteiger partial charge in [0, 0.05) is 39.1 Å². The van der Waals surface area contributed by atoms with Gasteiger partial charge in [-0.25, -0.2) is 0 Å². The van der Waals surface area contributed by atoms with Crippen molar-refractivity contribution >= 4 is 0 Å². The van der Waals surface area contributed by atoms with Crippen molar-refractivity contribution in [3.63, 3.8) is 0 Å². The fourth-order valence-electron chi connectivity index (χ4n) is 3.14. The molecule has 1 fully saturated rings. The van der Waals surface area contributed by atoms with E-state index in [-0.39, 0.29) is 0 Å². The summed E-state index contributed by atoms with van der Waals surface area (Å²) in [6.07, 6.45) is 0.404. The first kappa shape index (κ1) is 18.0. The summed E-state index contributed by atoms with van der Waals surface area (Å²) >= 11 is 0. The van der Waals surface area contributed by atoms with E-state index in [2.05, 4.69) is 33.8 Å². The summed E-state index contributed by atoms with van der Waals surface area (Å²) in [5, 5.41) is 14.4. The van der Waals surface area contributed by atoms with E-state index >= 15 is 0 Å². The Bertz CT molecular complexity index is 636. The van der Waals surface area contributed by atoms with Gasteiger partial charge in [-0.2, -0.15) is 4.98 Å². The Labute approximate surface area is 149 Å². The lowest BCUT2D eigenvalue weighted by molar-refractivity contribution is 0.0690. The highest BCUT2D eigenvalue weighted by molar-refractivity contribution is 5.17. The molecule has 1 unspecified atom stereocenters. The zero-order valence-electron chi connectivity index (χ0n) is 15.1. The predicted molar refractivity (Wildman–Crippen MR) is 96.0 cm³/mol. The Morgan fingerprint density at radius 1 is 1.08 bits per heavy atom. The second-order valence-electron chi connectivity index (χ2n) is 7.21. The van der Waals surface area contributed by atoms with Crippen LogP contribution in [0.3, 0.4) is 0 Å². The molecule has 0 aliphatic carbocycles. The van der Waals surface area contributed by atoms with Gasteiger partial charge in [-0.05, 0) is 11.5 Å².